The Kier molecular flexibility index (Phi) is 3.04. The van der Waals surface area contributed by atoms with Crippen LogP contribution in [0.4, 0.5) is 5.69 Å². The zero-order valence-electron chi connectivity index (χ0n) is 10.5. The number of para-hydroxylation sites is 1. The van der Waals surface area contributed by atoms with Crippen molar-refractivity contribution in [3.8, 4) is 0 Å². The molecule has 1 heterocycles. The third-order valence-electron chi connectivity index (χ3n) is 3.39. The summed E-state index contributed by atoms with van der Waals surface area (Å²) in [5.41, 5.74) is 1.23. The van der Waals surface area contributed by atoms with E-state index >= 15 is 0 Å². The van der Waals surface area contributed by atoms with Crippen molar-refractivity contribution in [1.29, 1.82) is 0 Å². The van der Waals surface area contributed by atoms with Crippen molar-refractivity contribution in [3.63, 3.8) is 0 Å². The van der Waals surface area contributed by atoms with E-state index in [1.165, 1.54) is 6.07 Å². The lowest BCUT2D eigenvalue weighted by Crippen LogP contribution is -2.10. The van der Waals surface area contributed by atoms with Gasteiger partial charge < -0.3 is 0 Å². The minimum Gasteiger partial charge on any atom is -0.297 e. The number of nitro benzene ring substituents is 1. The molecule has 1 aliphatic rings. The second-order valence-electron chi connectivity index (χ2n) is 4.67. The number of Topliss-reactive ketones (excluding diaryl/α,β-unsaturated/α-hetero) is 1. The molecule has 0 aromatic heterocycles. The first-order chi connectivity index (χ1) is 9.68. The van der Waals surface area contributed by atoms with Gasteiger partial charge in [-0.25, -0.2) is 0 Å². The van der Waals surface area contributed by atoms with Gasteiger partial charge in [-0.3, -0.25) is 20.2 Å². The summed E-state index contributed by atoms with van der Waals surface area (Å²) in [5.74, 6) is -0.0336. The van der Waals surface area contributed by atoms with Gasteiger partial charge in [0.1, 0.15) is 0 Å². The predicted molar refractivity (Wildman–Crippen MR) is 73.5 cm³/mol. The number of nitrogens with one attached hydrogen (secondary N) is 1. The summed E-state index contributed by atoms with van der Waals surface area (Å²) in [5, 5.41) is 14.0. The maximum atomic E-state index is 12.2. The second kappa shape index (κ2) is 4.86. The van der Waals surface area contributed by atoms with E-state index in [0.717, 1.165) is 0 Å². The van der Waals surface area contributed by atoms with E-state index in [2.05, 4.69) is 5.32 Å². The minimum atomic E-state index is -0.417. The zero-order valence-corrected chi connectivity index (χ0v) is 10.5. The van der Waals surface area contributed by atoms with E-state index in [1.807, 2.05) is 6.07 Å². The molecule has 1 aliphatic heterocycles. The van der Waals surface area contributed by atoms with Crippen LogP contribution in [0.25, 0.3) is 0 Å². The topological polar surface area (TPSA) is 82.2 Å². The number of nitrogens with zero attached hydrogens (tertiary/aromatic N) is 1. The van der Waals surface area contributed by atoms with Gasteiger partial charge >= 0.3 is 0 Å². The van der Waals surface area contributed by atoms with Crippen molar-refractivity contribution in [1.82, 2.24) is 5.32 Å². The minimum absolute atomic E-state index is 0.0336. The highest BCUT2D eigenvalue weighted by Crippen LogP contribution is 2.37. The number of ketones is 1. The number of hydrogen-bond donors (Lipinski definition) is 1. The maximum Gasteiger partial charge on any atom is 0.274 e. The van der Waals surface area contributed by atoms with E-state index in [9.17, 15) is 14.9 Å². The van der Waals surface area contributed by atoms with Crippen LogP contribution in [0.1, 0.15) is 22.0 Å². The molecule has 2 unspecified atom stereocenters. The normalized spacial score (nSPS) is 20.4. The number of hydrogen-bond acceptors (Lipinski definition) is 4. The van der Waals surface area contributed by atoms with E-state index in [1.54, 1.807) is 42.5 Å². The van der Waals surface area contributed by atoms with E-state index in [-0.39, 0.29) is 23.6 Å². The molecule has 2 aromatic rings. The molecule has 0 amide bonds. The molecule has 2 atom stereocenters. The molecule has 2 aromatic carbocycles. The first-order valence-electron chi connectivity index (χ1n) is 6.27. The summed E-state index contributed by atoms with van der Waals surface area (Å²) in [4.78, 5) is 22.8. The Morgan fingerprint density at radius 2 is 1.70 bits per heavy atom. The summed E-state index contributed by atoms with van der Waals surface area (Å²) in [6.45, 7) is 0. The van der Waals surface area contributed by atoms with Crippen LogP contribution in [-0.4, -0.2) is 16.7 Å². The van der Waals surface area contributed by atoms with Gasteiger partial charge in [0.15, 0.2) is 5.78 Å². The van der Waals surface area contributed by atoms with Crippen molar-refractivity contribution in [2.24, 2.45) is 0 Å². The fraction of sp³-hybridized carbons (Fsp3) is 0.133. The van der Waals surface area contributed by atoms with Gasteiger partial charge in [-0.2, -0.15) is 0 Å². The summed E-state index contributed by atoms with van der Waals surface area (Å²) in [7, 11) is 0. The highest BCUT2D eigenvalue weighted by molar-refractivity contribution is 6.02. The van der Waals surface area contributed by atoms with Crippen molar-refractivity contribution < 1.29 is 9.72 Å². The maximum absolute atomic E-state index is 12.2. The Balaban J connectivity index is 1.83. The summed E-state index contributed by atoms with van der Waals surface area (Å²) < 4.78 is 0. The molecule has 100 valence electrons. The monoisotopic (exact) mass is 268 g/mol. The molecule has 0 radical (unpaired) electrons. The molecule has 20 heavy (non-hydrogen) atoms. The number of carbonyl (C=O) groups excluding carboxylic acids is 1. The standard InChI is InChI=1S/C15H12N2O3/c18-15(10-6-2-1-3-7-10)14-13(16-14)11-8-4-5-9-12(11)17(19)20/h1-9,13-14,16H. The van der Waals surface area contributed by atoms with E-state index in [4.69, 9.17) is 0 Å². The van der Waals surface area contributed by atoms with Crippen LogP contribution < -0.4 is 5.32 Å². The lowest BCUT2D eigenvalue weighted by atomic mass is 10.0. The number of rotatable bonds is 4. The van der Waals surface area contributed by atoms with Crippen molar-refractivity contribution >= 4 is 11.5 Å². The van der Waals surface area contributed by atoms with Crippen LogP contribution in [0.3, 0.4) is 0 Å². The largest absolute Gasteiger partial charge is 0.297 e. The van der Waals surface area contributed by atoms with E-state index in [0.29, 0.717) is 11.1 Å². The molecule has 1 N–H and O–H groups in total. The van der Waals surface area contributed by atoms with Crippen LogP contribution in [0.2, 0.25) is 0 Å². The third-order valence-corrected chi connectivity index (χ3v) is 3.39. The third kappa shape index (κ3) is 2.19. The summed E-state index contributed by atoms with van der Waals surface area (Å²) in [6.07, 6.45) is 0. The van der Waals surface area contributed by atoms with Crippen LogP contribution in [-0.2, 0) is 0 Å². The van der Waals surface area contributed by atoms with E-state index < -0.39 is 4.92 Å². The molecule has 5 nitrogen and oxygen atoms in total. The Labute approximate surface area is 115 Å². The van der Waals surface area contributed by atoms with Gasteiger partial charge in [-0.15, -0.1) is 0 Å². The Morgan fingerprint density at radius 3 is 2.40 bits per heavy atom. The lowest BCUT2D eigenvalue weighted by molar-refractivity contribution is -0.385. The van der Waals surface area contributed by atoms with Crippen molar-refractivity contribution in [3.05, 3.63) is 75.8 Å². The van der Waals surface area contributed by atoms with Crippen molar-refractivity contribution in [2.45, 2.75) is 12.1 Å². The van der Waals surface area contributed by atoms with Crippen LogP contribution in [0.5, 0.6) is 0 Å². The molecule has 0 aliphatic carbocycles. The Morgan fingerprint density at radius 1 is 1.05 bits per heavy atom. The van der Waals surface area contributed by atoms with Crippen LogP contribution in [0, 0.1) is 10.1 Å². The van der Waals surface area contributed by atoms with Gasteiger partial charge in [0.2, 0.25) is 0 Å². The second-order valence-corrected chi connectivity index (χ2v) is 4.67. The van der Waals surface area contributed by atoms with Crippen molar-refractivity contribution in [2.75, 3.05) is 0 Å². The SMILES string of the molecule is O=C(c1ccccc1)C1NC1c1ccccc1[N+](=O)[O-]. The fourth-order valence-electron chi connectivity index (χ4n) is 2.33. The predicted octanol–water partition coefficient (Wildman–Crippen LogP) is 2.49. The molecule has 0 bridgehead atoms. The molecule has 3 rings (SSSR count). The molecule has 5 heteroatoms. The first kappa shape index (κ1) is 12.5. The Bertz CT molecular complexity index is 670. The smallest absolute Gasteiger partial charge is 0.274 e. The molecule has 0 saturated carbocycles. The average Bonchev–Trinajstić information content (AvgIpc) is 3.27. The van der Waals surface area contributed by atoms with Gasteiger partial charge in [0.25, 0.3) is 5.69 Å². The molecule has 1 saturated heterocycles. The van der Waals surface area contributed by atoms with Gasteiger partial charge in [-0.05, 0) is 0 Å². The number of carbonyl (C=O) groups is 1. The highest BCUT2D eigenvalue weighted by atomic mass is 16.6. The fourth-order valence-corrected chi connectivity index (χ4v) is 2.33. The van der Waals surface area contributed by atoms with Gasteiger partial charge in [0.05, 0.1) is 17.0 Å². The lowest BCUT2D eigenvalue weighted by Gasteiger charge is -2.00. The Hall–Kier alpha value is -2.53. The quantitative estimate of drug-likeness (QED) is 0.399. The molecule has 1 fully saturated rings. The number of nitro groups is 1. The summed E-state index contributed by atoms with van der Waals surface area (Å²) in [6, 6.07) is 14.8. The van der Waals surface area contributed by atoms with Gasteiger partial charge in [-0.1, -0.05) is 48.5 Å². The summed E-state index contributed by atoms with van der Waals surface area (Å²) >= 11 is 0. The molecular formula is C15H12N2O3. The average molecular weight is 268 g/mol. The zero-order chi connectivity index (χ0) is 14.1. The number of benzene rings is 2. The first-order valence-corrected chi connectivity index (χ1v) is 6.27. The molecular weight excluding hydrogens is 256 g/mol. The van der Waals surface area contributed by atoms with Crippen LogP contribution in [0.15, 0.2) is 54.6 Å². The van der Waals surface area contributed by atoms with Gasteiger partial charge in [0, 0.05) is 17.2 Å². The van der Waals surface area contributed by atoms with Crippen LogP contribution >= 0.6 is 0 Å². The molecule has 0 spiro atoms. The highest BCUT2D eigenvalue weighted by Gasteiger charge is 2.46.